The lowest BCUT2D eigenvalue weighted by atomic mass is 9.96. The molecule has 3 heterocycles. The number of aliphatic carboxylic acids is 1. The average molecular weight is 317 g/mol. The van der Waals surface area contributed by atoms with Crippen molar-refractivity contribution in [1.82, 2.24) is 24.5 Å². The molecule has 23 heavy (non-hydrogen) atoms. The SMILES string of the molecule is O=C(O)CCn1cc(CN2CCC(Cn3cccn3)CC2)cn1. The van der Waals surface area contributed by atoms with E-state index in [9.17, 15) is 4.79 Å². The highest BCUT2D eigenvalue weighted by molar-refractivity contribution is 5.66. The predicted octanol–water partition coefficient (Wildman–Crippen LogP) is 1.47. The van der Waals surface area contributed by atoms with Gasteiger partial charge in [-0.2, -0.15) is 10.2 Å². The molecule has 1 saturated heterocycles. The number of aromatic nitrogens is 4. The van der Waals surface area contributed by atoms with Crippen LogP contribution in [0.4, 0.5) is 0 Å². The monoisotopic (exact) mass is 317 g/mol. The third-order valence-electron chi connectivity index (χ3n) is 4.36. The van der Waals surface area contributed by atoms with E-state index in [0.717, 1.165) is 31.7 Å². The Morgan fingerprint density at radius 1 is 1.26 bits per heavy atom. The normalized spacial score (nSPS) is 16.7. The topological polar surface area (TPSA) is 76.2 Å². The molecule has 0 bridgehead atoms. The Morgan fingerprint density at radius 2 is 2.09 bits per heavy atom. The van der Waals surface area contributed by atoms with E-state index in [1.165, 1.54) is 12.8 Å². The Morgan fingerprint density at radius 3 is 2.78 bits per heavy atom. The fourth-order valence-corrected chi connectivity index (χ4v) is 3.08. The number of nitrogens with zero attached hydrogens (tertiary/aromatic N) is 5. The standard InChI is InChI=1S/C16H23N5O2/c22-16(23)4-9-21-13-15(10-18-21)11-19-7-2-14(3-8-19)12-20-6-1-5-17-20/h1,5-6,10,13-14H,2-4,7-9,11-12H2,(H,22,23). The molecular weight excluding hydrogens is 294 g/mol. The number of carboxylic acid groups (broad SMARTS) is 1. The van der Waals surface area contributed by atoms with Crippen LogP contribution in [0.3, 0.4) is 0 Å². The molecule has 0 atom stereocenters. The van der Waals surface area contributed by atoms with Gasteiger partial charge in [-0.15, -0.1) is 0 Å². The first-order chi connectivity index (χ1) is 11.2. The van der Waals surface area contributed by atoms with Gasteiger partial charge in [0.25, 0.3) is 0 Å². The molecule has 1 aliphatic rings. The Labute approximate surface area is 135 Å². The molecule has 7 nitrogen and oxygen atoms in total. The molecule has 1 aliphatic heterocycles. The van der Waals surface area contributed by atoms with E-state index < -0.39 is 5.97 Å². The van der Waals surface area contributed by atoms with Crippen LogP contribution in [-0.4, -0.2) is 48.6 Å². The fourth-order valence-electron chi connectivity index (χ4n) is 3.08. The zero-order valence-electron chi connectivity index (χ0n) is 13.2. The lowest BCUT2D eigenvalue weighted by molar-refractivity contribution is -0.137. The van der Waals surface area contributed by atoms with Gasteiger partial charge in [0.15, 0.2) is 0 Å². The van der Waals surface area contributed by atoms with Crippen molar-refractivity contribution in [1.29, 1.82) is 0 Å². The summed E-state index contributed by atoms with van der Waals surface area (Å²) in [5.74, 6) is -0.0919. The Hall–Kier alpha value is -2.15. The maximum atomic E-state index is 10.6. The van der Waals surface area contributed by atoms with Gasteiger partial charge in [-0.05, 0) is 37.9 Å². The molecule has 0 unspecified atom stereocenters. The number of rotatable bonds is 7. The molecule has 2 aromatic rings. The molecule has 0 amide bonds. The molecule has 0 saturated carbocycles. The van der Waals surface area contributed by atoms with E-state index in [1.54, 1.807) is 4.68 Å². The first kappa shape index (κ1) is 15.7. The van der Waals surface area contributed by atoms with Gasteiger partial charge in [-0.1, -0.05) is 0 Å². The number of likely N-dealkylation sites (tertiary alicyclic amines) is 1. The van der Waals surface area contributed by atoms with Crippen LogP contribution in [0, 0.1) is 5.92 Å². The average Bonchev–Trinajstić information content (AvgIpc) is 3.19. The van der Waals surface area contributed by atoms with Gasteiger partial charge in [0.2, 0.25) is 0 Å². The highest BCUT2D eigenvalue weighted by atomic mass is 16.4. The molecule has 0 spiro atoms. The van der Waals surface area contributed by atoms with Crippen LogP contribution in [0.1, 0.15) is 24.8 Å². The number of hydrogen-bond acceptors (Lipinski definition) is 4. The lowest BCUT2D eigenvalue weighted by Gasteiger charge is -2.31. The van der Waals surface area contributed by atoms with Gasteiger partial charge < -0.3 is 5.11 Å². The van der Waals surface area contributed by atoms with E-state index in [-0.39, 0.29) is 6.42 Å². The van der Waals surface area contributed by atoms with Crippen LogP contribution in [-0.2, 0) is 24.4 Å². The zero-order chi connectivity index (χ0) is 16.1. The van der Waals surface area contributed by atoms with E-state index in [4.69, 9.17) is 5.11 Å². The Kier molecular flexibility index (Phi) is 5.07. The minimum Gasteiger partial charge on any atom is -0.481 e. The van der Waals surface area contributed by atoms with E-state index in [0.29, 0.717) is 12.5 Å². The smallest absolute Gasteiger partial charge is 0.305 e. The van der Waals surface area contributed by atoms with Crippen molar-refractivity contribution in [3.63, 3.8) is 0 Å². The molecule has 124 valence electrons. The first-order valence-corrected chi connectivity index (χ1v) is 8.12. The molecule has 0 aliphatic carbocycles. The van der Waals surface area contributed by atoms with Gasteiger partial charge in [0, 0.05) is 37.2 Å². The number of aryl methyl sites for hydroxylation is 1. The summed E-state index contributed by atoms with van der Waals surface area (Å²) in [6, 6.07) is 1.97. The summed E-state index contributed by atoms with van der Waals surface area (Å²) >= 11 is 0. The van der Waals surface area contributed by atoms with Crippen molar-refractivity contribution in [2.24, 2.45) is 5.92 Å². The number of hydrogen-bond donors (Lipinski definition) is 1. The van der Waals surface area contributed by atoms with Crippen molar-refractivity contribution >= 4 is 5.97 Å². The Balaban J connectivity index is 1.42. The van der Waals surface area contributed by atoms with Crippen LogP contribution < -0.4 is 0 Å². The van der Waals surface area contributed by atoms with Crippen molar-refractivity contribution in [3.8, 4) is 0 Å². The van der Waals surface area contributed by atoms with Gasteiger partial charge in [-0.3, -0.25) is 19.1 Å². The van der Waals surface area contributed by atoms with Crippen LogP contribution in [0.2, 0.25) is 0 Å². The maximum absolute atomic E-state index is 10.6. The summed E-state index contributed by atoms with van der Waals surface area (Å²) in [6.07, 6.45) is 10.1. The minimum atomic E-state index is -0.790. The quantitative estimate of drug-likeness (QED) is 0.837. The summed E-state index contributed by atoms with van der Waals surface area (Å²) in [5, 5.41) is 17.2. The van der Waals surface area contributed by atoms with Crippen molar-refractivity contribution in [2.45, 2.75) is 38.9 Å². The second-order valence-electron chi connectivity index (χ2n) is 6.20. The number of piperidine rings is 1. The summed E-state index contributed by atoms with van der Waals surface area (Å²) in [5.41, 5.74) is 1.15. The second-order valence-corrected chi connectivity index (χ2v) is 6.20. The highest BCUT2D eigenvalue weighted by Crippen LogP contribution is 2.20. The third kappa shape index (κ3) is 4.66. The fraction of sp³-hybridized carbons (Fsp3) is 0.562. The third-order valence-corrected chi connectivity index (χ3v) is 4.36. The predicted molar refractivity (Wildman–Crippen MR) is 84.7 cm³/mol. The van der Waals surface area contributed by atoms with Gasteiger partial charge in [-0.25, -0.2) is 0 Å². The highest BCUT2D eigenvalue weighted by Gasteiger charge is 2.20. The summed E-state index contributed by atoms with van der Waals surface area (Å²) in [6.45, 7) is 4.51. The van der Waals surface area contributed by atoms with E-state index >= 15 is 0 Å². The van der Waals surface area contributed by atoms with Crippen LogP contribution >= 0.6 is 0 Å². The molecule has 1 N–H and O–H groups in total. The number of carboxylic acids is 1. The molecule has 0 radical (unpaired) electrons. The van der Waals surface area contributed by atoms with Crippen molar-refractivity contribution in [3.05, 3.63) is 36.4 Å². The summed E-state index contributed by atoms with van der Waals surface area (Å²) in [7, 11) is 0. The zero-order valence-corrected chi connectivity index (χ0v) is 13.2. The summed E-state index contributed by atoms with van der Waals surface area (Å²) in [4.78, 5) is 13.0. The van der Waals surface area contributed by atoms with Gasteiger partial charge in [0.1, 0.15) is 0 Å². The second kappa shape index (κ2) is 7.41. The van der Waals surface area contributed by atoms with Gasteiger partial charge >= 0.3 is 5.97 Å². The van der Waals surface area contributed by atoms with E-state index in [2.05, 4.69) is 15.1 Å². The molecule has 7 heteroatoms. The molecule has 3 rings (SSSR count). The minimum absolute atomic E-state index is 0.111. The molecule has 0 aromatic carbocycles. The van der Waals surface area contributed by atoms with Crippen molar-refractivity contribution < 1.29 is 9.90 Å². The van der Waals surface area contributed by atoms with Crippen LogP contribution in [0.15, 0.2) is 30.9 Å². The molecule has 2 aromatic heterocycles. The largest absolute Gasteiger partial charge is 0.481 e. The van der Waals surface area contributed by atoms with Crippen molar-refractivity contribution in [2.75, 3.05) is 13.1 Å². The molecular formula is C16H23N5O2. The Bertz CT molecular complexity index is 614. The van der Waals surface area contributed by atoms with Crippen LogP contribution in [0.25, 0.3) is 0 Å². The van der Waals surface area contributed by atoms with Gasteiger partial charge in [0.05, 0.1) is 19.2 Å². The summed E-state index contributed by atoms with van der Waals surface area (Å²) < 4.78 is 3.74. The molecule has 1 fully saturated rings. The number of carbonyl (C=O) groups is 1. The maximum Gasteiger partial charge on any atom is 0.305 e. The first-order valence-electron chi connectivity index (χ1n) is 8.12. The van der Waals surface area contributed by atoms with E-state index in [1.807, 2.05) is 35.5 Å². The van der Waals surface area contributed by atoms with Crippen LogP contribution in [0.5, 0.6) is 0 Å². The lowest BCUT2D eigenvalue weighted by Crippen LogP contribution is -2.34.